The van der Waals surface area contributed by atoms with Crippen LogP contribution in [-0.2, 0) is 4.74 Å². The molecule has 3 aromatic rings. The largest absolute Gasteiger partial charge is 0.383 e. The Morgan fingerprint density at radius 2 is 1.96 bits per heavy atom. The molecule has 0 aliphatic rings. The number of rotatable bonds is 7. The van der Waals surface area contributed by atoms with Crippen LogP contribution >= 0.6 is 11.3 Å². The van der Waals surface area contributed by atoms with E-state index in [1.807, 2.05) is 44.2 Å². The average Bonchev–Trinajstić information content (AvgIpc) is 3.07. The van der Waals surface area contributed by atoms with Gasteiger partial charge in [-0.2, -0.15) is 5.10 Å². The Hall–Kier alpha value is -2.51. The van der Waals surface area contributed by atoms with E-state index in [9.17, 15) is 4.79 Å². The number of hydrogen-bond donors (Lipinski definition) is 1. The molecule has 0 spiro atoms. The molecule has 0 amide bonds. The average molecular weight is 370 g/mol. The Labute approximate surface area is 156 Å². The molecule has 0 unspecified atom stereocenters. The molecule has 26 heavy (non-hydrogen) atoms. The van der Waals surface area contributed by atoms with Gasteiger partial charge in [0.1, 0.15) is 5.69 Å². The number of anilines is 1. The lowest BCUT2D eigenvalue weighted by molar-refractivity contribution is 0.211. The van der Waals surface area contributed by atoms with E-state index in [2.05, 4.69) is 10.4 Å². The summed E-state index contributed by atoms with van der Waals surface area (Å²) < 4.78 is 6.59. The van der Waals surface area contributed by atoms with E-state index in [0.29, 0.717) is 13.2 Å². The van der Waals surface area contributed by atoms with Crippen LogP contribution in [0.5, 0.6) is 0 Å². The molecule has 3 rings (SSSR count). The fourth-order valence-corrected chi connectivity index (χ4v) is 3.52. The smallest absolute Gasteiger partial charge is 0.267 e. The first kappa shape index (κ1) is 18.3. The maximum Gasteiger partial charge on any atom is 0.267 e. The van der Waals surface area contributed by atoms with E-state index in [-0.39, 0.29) is 11.6 Å². The van der Waals surface area contributed by atoms with Crippen molar-refractivity contribution >= 4 is 16.5 Å². The van der Waals surface area contributed by atoms with E-state index in [4.69, 9.17) is 9.72 Å². The third kappa shape index (κ3) is 4.00. The zero-order valence-corrected chi connectivity index (χ0v) is 15.9. The van der Waals surface area contributed by atoms with Gasteiger partial charge in [0.25, 0.3) is 5.56 Å². The number of thiazole rings is 1. The zero-order chi connectivity index (χ0) is 18.5. The number of nitrogens with one attached hydrogen (secondary N) is 1. The predicted molar refractivity (Wildman–Crippen MR) is 106 cm³/mol. The number of methoxy groups -OCH3 is 1. The van der Waals surface area contributed by atoms with Gasteiger partial charge in [0.2, 0.25) is 0 Å². The van der Waals surface area contributed by atoms with Crippen LogP contribution in [0.25, 0.3) is 21.8 Å². The Balaban J connectivity index is 2.07. The summed E-state index contributed by atoms with van der Waals surface area (Å²) in [6, 6.07) is 13.3. The molecule has 0 radical (unpaired) electrons. The van der Waals surface area contributed by atoms with Gasteiger partial charge in [-0.15, -0.1) is 0 Å². The molecule has 0 saturated carbocycles. The van der Waals surface area contributed by atoms with E-state index >= 15 is 0 Å². The minimum absolute atomic E-state index is 0.00477. The van der Waals surface area contributed by atoms with Crippen LogP contribution in [-0.4, -0.2) is 35.0 Å². The van der Waals surface area contributed by atoms with E-state index < -0.39 is 0 Å². The lowest BCUT2D eigenvalue weighted by Crippen LogP contribution is -2.23. The molecule has 1 N–H and O–H groups in total. The Bertz CT molecular complexity index is 919. The van der Waals surface area contributed by atoms with Crippen molar-refractivity contribution in [1.82, 2.24) is 14.8 Å². The molecule has 0 aliphatic heterocycles. The van der Waals surface area contributed by atoms with Crippen LogP contribution in [0.15, 0.2) is 47.3 Å². The summed E-state index contributed by atoms with van der Waals surface area (Å²) in [5.74, 6) is 0. The Morgan fingerprint density at radius 3 is 2.65 bits per heavy atom. The lowest BCUT2D eigenvalue weighted by atomic mass is 10.1. The van der Waals surface area contributed by atoms with Crippen molar-refractivity contribution in [1.29, 1.82) is 0 Å². The highest BCUT2D eigenvalue weighted by Crippen LogP contribution is 2.37. The summed E-state index contributed by atoms with van der Waals surface area (Å²) in [6.45, 7) is 5.17. The molecule has 0 bridgehead atoms. The molecule has 2 aromatic heterocycles. The van der Waals surface area contributed by atoms with E-state index in [1.54, 1.807) is 19.2 Å². The molecule has 0 aliphatic carbocycles. The first-order valence-electron chi connectivity index (χ1n) is 8.49. The monoisotopic (exact) mass is 370 g/mol. The van der Waals surface area contributed by atoms with Crippen LogP contribution in [0.1, 0.15) is 19.9 Å². The number of aromatic nitrogens is 3. The Kier molecular flexibility index (Phi) is 5.80. The second-order valence-corrected chi connectivity index (χ2v) is 7.08. The van der Waals surface area contributed by atoms with Gasteiger partial charge < -0.3 is 10.1 Å². The third-order valence-corrected chi connectivity index (χ3v) is 4.84. The molecule has 1 aromatic carbocycles. The summed E-state index contributed by atoms with van der Waals surface area (Å²) in [7, 11) is 1.67. The van der Waals surface area contributed by atoms with Gasteiger partial charge in [-0.25, -0.2) is 9.67 Å². The van der Waals surface area contributed by atoms with Crippen molar-refractivity contribution in [2.24, 2.45) is 0 Å². The van der Waals surface area contributed by atoms with Gasteiger partial charge in [-0.05, 0) is 19.9 Å². The quantitative estimate of drug-likeness (QED) is 0.643. The number of ether oxygens (including phenoxy) is 1. The van der Waals surface area contributed by atoms with Crippen LogP contribution in [0.2, 0.25) is 0 Å². The van der Waals surface area contributed by atoms with Gasteiger partial charge in [0, 0.05) is 25.3 Å². The second-order valence-electron chi connectivity index (χ2n) is 6.08. The van der Waals surface area contributed by atoms with Crippen molar-refractivity contribution in [2.75, 3.05) is 25.6 Å². The number of hydrogen-bond acceptors (Lipinski definition) is 6. The van der Waals surface area contributed by atoms with Gasteiger partial charge >= 0.3 is 0 Å². The summed E-state index contributed by atoms with van der Waals surface area (Å²) in [6.07, 6.45) is 0. The van der Waals surface area contributed by atoms with Crippen LogP contribution in [0.4, 0.5) is 5.13 Å². The van der Waals surface area contributed by atoms with E-state index in [1.165, 1.54) is 16.0 Å². The zero-order valence-electron chi connectivity index (χ0n) is 15.1. The van der Waals surface area contributed by atoms with Gasteiger partial charge in [0.15, 0.2) is 5.13 Å². The standard InChI is InChI=1S/C19H22N4O2S/c1-13(2)23-16(24)10-9-15(22-23)18-17(14-7-5-4-6-8-14)21-19(26-18)20-11-12-25-3/h4-10,13H,11-12H2,1-3H3,(H,20,21). The number of nitrogens with zero attached hydrogens (tertiary/aromatic N) is 3. The highest BCUT2D eigenvalue weighted by atomic mass is 32.1. The first-order chi connectivity index (χ1) is 12.6. The normalized spacial score (nSPS) is 11.1. The minimum Gasteiger partial charge on any atom is -0.383 e. The SMILES string of the molecule is COCCNc1nc(-c2ccccc2)c(-c2ccc(=O)n(C(C)C)n2)s1. The summed E-state index contributed by atoms with van der Waals surface area (Å²) in [5, 5.41) is 8.65. The number of benzene rings is 1. The molecular formula is C19H22N4O2S. The molecule has 0 fully saturated rings. The van der Waals surface area contributed by atoms with Gasteiger partial charge in [0.05, 0.1) is 23.2 Å². The third-order valence-electron chi connectivity index (χ3n) is 3.80. The lowest BCUT2D eigenvalue weighted by Gasteiger charge is -2.09. The van der Waals surface area contributed by atoms with Crippen molar-refractivity contribution in [3.63, 3.8) is 0 Å². The molecule has 6 nitrogen and oxygen atoms in total. The molecule has 0 saturated heterocycles. The van der Waals surface area contributed by atoms with Crippen molar-refractivity contribution in [3.8, 4) is 21.8 Å². The molecule has 2 heterocycles. The fourth-order valence-electron chi connectivity index (χ4n) is 2.54. The maximum atomic E-state index is 12.0. The minimum atomic E-state index is -0.104. The van der Waals surface area contributed by atoms with Crippen molar-refractivity contribution < 1.29 is 4.74 Å². The van der Waals surface area contributed by atoms with Gasteiger partial charge in [-0.3, -0.25) is 4.79 Å². The van der Waals surface area contributed by atoms with Crippen LogP contribution in [0, 0.1) is 0 Å². The van der Waals surface area contributed by atoms with Crippen LogP contribution < -0.4 is 10.9 Å². The van der Waals surface area contributed by atoms with Crippen molar-refractivity contribution in [3.05, 3.63) is 52.8 Å². The molecule has 0 atom stereocenters. The Morgan fingerprint density at radius 1 is 1.19 bits per heavy atom. The highest BCUT2D eigenvalue weighted by molar-refractivity contribution is 7.19. The maximum absolute atomic E-state index is 12.0. The topological polar surface area (TPSA) is 69.0 Å². The second kappa shape index (κ2) is 8.25. The van der Waals surface area contributed by atoms with Crippen molar-refractivity contribution in [2.45, 2.75) is 19.9 Å². The highest BCUT2D eigenvalue weighted by Gasteiger charge is 2.17. The molecule has 7 heteroatoms. The summed E-state index contributed by atoms with van der Waals surface area (Å²) >= 11 is 1.53. The fraction of sp³-hybridized carbons (Fsp3) is 0.316. The predicted octanol–water partition coefficient (Wildman–Crippen LogP) is 3.67. The molecular weight excluding hydrogens is 348 g/mol. The van der Waals surface area contributed by atoms with Crippen LogP contribution in [0.3, 0.4) is 0 Å². The summed E-state index contributed by atoms with van der Waals surface area (Å²) in [4.78, 5) is 17.7. The summed E-state index contributed by atoms with van der Waals surface area (Å²) in [5.41, 5.74) is 2.52. The molecule has 136 valence electrons. The van der Waals surface area contributed by atoms with Gasteiger partial charge in [-0.1, -0.05) is 41.7 Å². The van der Waals surface area contributed by atoms with E-state index in [0.717, 1.165) is 27.0 Å². The first-order valence-corrected chi connectivity index (χ1v) is 9.31.